The molecule has 2 heterocycles. The highest BCUT2D eigenvalue weighted by Crippen LogP contribution is 2.40. The van der Waals surface area contributed by atoms with Crippen molar-refractivity contribution in [1.82, 2.24) is 9.80 Å². The Bertz CT molecular complexity index is 1110. The maximum absolute atomic E-state index is 6.29. The Labute approximate surface area is 210 Å². The molecule has 0 N–H and O–H groups in total. The Morgan fingerprint density at radius 2 is 1.94 bits per heavy atom. The van der Waals surface area contributed by atoms with Crippen molar-refractivity contribution in [3.63, 3.8) is 0 Å². The molecule has 0 radical (unpaired) electrons. The van der Waals surface area contributed by atoms with E-state index < -0.39 is 0 Å². The molecular weight excluding hydrogens is 432 g/mol. The van der Waals surface area contributed by atoms with Crippen molar-refractivity contribution in [2.45, 2.75) is 70.1 Å². The van der Waals surface area contributed by atoms with Gasteiger partial charge in [0.1, 0.15) is 12.5 Å². The first-order chi connectivity index (χ1) is 17.1. The second-order valence-electron chi connectivity index (χ2n) is 11.1. The summed E-state index contributed by atoms with van der Waals surface area (Å²) in [5, 5.41) is 0. The predicted octanol–water partition coefficient (Wildman–Crippen LogP) is 6.23. The lowest BCUT2D eigenvalue weighted by Gasteiger charge is -2.43. The average Bonchev–Trinajstić information content (AvgIpc) is 2.92. The Kier molecular flexibility index (Phi) is 6.19. The Morgan fingerprint density at radius 1 is 1.00 bits per heavy atom. The van der Waals surface area contributed by atoms with Gasteiger partial charge in [-0.2, -0.15) is 0 Å². The van der Waals surface area contributed by atoms with E-state index in [1.807, 2.05) is 0 Å². The van der Waals surface area contributed by atoms with Crippen molar-refractivity contribution < 1.29 is 9.47 Å². The molecule has 4 nitrogen and oxygen atoms in total. The molecule has 35 heavy (non-hydrogen) atoms. The van der Waals surface area contributed by atoms with Crippen LogP contribution in [0.2, 0.25) is 0 Å². The lowest BCUT2D eigenvalue weighted by Crippen LogP contribution is -2.49. The van der Waals surface area contributed by atoms with E-state index >= 15 is 0 Å². The van der Waals surface area contributed by atoms with Gasteiger partial charge in [-0.1, -0.05) is 62.4 Å². The third kappa shape index (κ3) is 4.54. The van der Waals surface area contributed by atoms with Crippen LogP contribution in [-0.2, 0) is 16.7 Å². The fourth-order valence-electron chi connectivity index (χ4n) is 6.11. The molecule has 0 amide bonds. The highest BCUT2D eigenvalue weighted by Gasteiger charge is 2.35. The van der Waals surface area contributed by atoms with Crippen LogP contribution in [0.15, 0.2) is 78.1 Å². The van der Waals surface area contributed by atoms with Crippen molar-refractivity contribution >= 4 is 0 Å². The SMILES string of the molecule is CC(C)(C1=CC2CN(C3C=CCCC3)COC2C=C1)c1ccc2c(c1)CN(C1=CCCC=C1)CO2. The van der Waals surface area contributed by atoms with Gasteiger partial charge in [0, 0.05) is 41.7 Å². The summed E-state index contributed by atoms with van der Waals surface area (Å²) >= 11 is 0. The topological polar surface area (TPSA) is 24.9 Å². The first kappa shape index (κ1) is 22.9. The highest BCUT2D eigenvalue weighted by atomic mass is 16.5. The van der Waals surface area contributed by atoms with E-state index in [1.165, 1.54) is 41.7 Å². The molecule has 184 valence electrons. The Hall–Kier alpha value is -2.56. The molecule has 1 aromatic carbocycles. The summed E-state index contributed by atoms with van der Waals surface area (Å²) in [6.45, 7) is 8.02. The van der Waals surface area contributed by atoms with Gasteiger partial charge in [0.25, 0.3) is 0 Å². The minimum Gasteiger partial charge on any atom is -0.473 e. The summed E-state index contributed by atoms with van der Waals surface area (Å²) in [7, 11) is 0. The van der Waals surface area contributed by atoms with Crippen LogP contribution in [0.4, 0.5) is 0 Å². The summed E-state index contributed by atoms with van der Waals surface area (Å²) in [5.41, 5.74) is 5.19. The van der Waals surface area contributed by atoms with E-state index in [4.69, 9.17) is 9.47 Å². The highest BCUT2D eigenvalue weighted by molar-refractivity contribution is 5.48. The zero-order valence-electron chi connectivity index (χ0n) is 21.2. The Morgan fingerprint density at radius 3 is 2.77 bits per heavy atom. The fourth-order valence-corrected chi connectivity index (χ4v) is 6.11. The molecule has 1 aromatic rings. The van der Waals surface area contributed by atoms with Crippen LogP contribution in [0.5, 0.6) is 5.75 Å². The van der Waals surface area contributed by atoms with Crippen LogP contribution in [0, 0.1) is 5.92 Å². The van der Waals surface area contributed by atoms with Crippen LogP contribution in [0.25, 0.3) is 0 Å². The van der Waals surface area contributed by atoms with Gasteiger partial charge in [-0.15, -0.1) is 0 Å². The van der Waals surface area contributed by atoms with Gasteiger partial charge < -0.3 is 14.4 Å². The standard InChI is InChI=1S/C31H38N2O2/c1-31(2,25-13-15-29-23(17-25)19-32(21-34-29)27-9-5-3-6-10-27)26-14-16-30-24(18-26)20-33(22-35-30)28-11-7-4-8-12-28/h5,7,9-11,13-18,24,28,30H,3-4,6,8,12,19-22H2,1-2H3. The second-order valence-corrected chi connectivity index (χ2v) is 11.1. The summed E-state index contributed by atoms with van der Waals surface area (Å²) in [6, 6.07) is 7.32. The average molecular weight is 471 g/mol. The molecule has 2 aliphatic heterocycles. The fraction of sp³-hybridized carbons (Fsp3) is 0.484. The number of allylic oxidation sites excluding steroid dienone is 6. The van der Waals surface area contributed by atoms with Gasteiger partial charge in [-0.25, -0.2) is 0 Å². The van der Waals surface area contributed by atoms with Crippen molar-refractivity contribution in [1.29, 1.82) is 0 Å². The minimum absolute atomic E-state index is 0.0875. The van der Waals surface area contributed by atoms with Crippen molar-refractivity contribution in [2.24, 2.45) is 5.92 Å². The van der Waals surface area contributed by atoms with Gasteiger partial charge >= 0.3 is 0 Å². The summed E-state index contributed by atoms with van der Waals surface area (Å²) in [6.07, 6.45) is 24.8. The molecule has 3 aliphatic carbocycles. The molecule has 3 unspecified atom stereocenters. The van der Waals surface area contributed by atoms with E-state index in [0.717, 1.165) is 38.4 Å². The number of hydrogen-bond acceptors (Lipinski definition) is 4. The molecule has 1 fully saturated rings. The van der Waals surface area contributed by atoms with Crippen LogP contribution in [0.1, 0.15) is 57.1 Å². The monoisotopic (exact) mass is 470 g/mol. The molecule has 6 rings (SSSR count). The third-order valence-corrected chi connectivity index (χ3v) is 8.44. The molecular formula is C31H38N2O2. The number of fused-ring (bicyclic) bond motifs is 2. The van der Waals surface area contributed by atoms with E-state index in [0.29, 0.717) is 18.7 Å². The predicted molar refractivity (Wildman–Crippen MR) is 141 cm³/mol. The first-order valence-electron chi connectivity index (χ1n) is 13.4. The second kappa shape index (κ2) is 9.48. The summed E-state index contributed by atoms with van der Waals surface area (Å²) in [5.74, 6) is 1.42. The lowest BCUT2D eigenvalue weighted by atomic mass is 9.73. The van der Waals surface area contributed by atoms with Crippen molar-refractivity contribution in [2.75, 3.05) is 20.0 Å². The molecule has 1 saturated heterocycles. The first-order valence-corrected chi connectivity index (χ1v) is 13.4. The van der Waals surface area contributed by atoms with Gasteiger partial charge in [0.05, 0.1) is 6.10 Å². The zero-order valence-corrected chi connectivity index (χ0v) is 21.2. The molecule has 0 aromatic heterocycles. The number of rotatable bonds is 4. The molecule has 5 aliphatic rings. The smallest absolute Gasteiger partial charge is 0.161 e. The number of hydrogen-bond donors (Lipinski definition) is 0. The van der Waals surface area contributed by atoms with Crippen molar-refractivity contribution in [3.05, 3.63) is 89.2 Å². The maximum atomic E-state index is 6.29. The van der Waals surface area contributed by atoms with Crippen LogP contribution in [0.3, 0.4) is 0 Å². The van der Waals surface area contributed by atoms with E-state index in [-0.39, 0.29) is 11.5 Å². The quantitative estimate of drug-likeness (QED) is 0.487. The van der Waals surface area contributed by atoms with Crippen LogP contribution >= 0.6 is 0 Å². The summed E-state index contributed by atoms with van der Waals surface area (Å²) in [4.78, 5) is 4.86. The minimum atomic E-state index is -0.0875. The molecule has 4 heteroatoms. The van der Waals surface area contributed by atoms with Crippen LogP contribution < -0.4 is 4.74 Å². The number of ether oxygens (including phenoxy) is 2. The zero-order chi connectivity index (χ0) is 23.8. The number of nitrogens with zero attached hydrogens (tertiary/aromatic N) is 2. The lowest BCUT2D eigenvalue weighted by molar-refractivity contribution is -0.0823. The van der Waals surface area contributed by atoms with Gasteiger partial charge in [0.15, 0.2) is 6.73 Å². The van der Waals surface area contributed by atoms with Crippen LogP contribution in [-0.4, -0.2) is 42.0 Å². The normalized spacial score (nSPS) is 28.6. The largest absolute Gasteiger partial charge is 0.473 e. The Balaban J connectivity index is 1.21. The van der Waals surface area contributed by atoms with Gasteiger partial charge in [-0.3, -0.25) is 4.90 Å². The summed E-state index contributed by atoms with van der Waals surface area (Å²) < 4.78 is 12.4. The molecule has 0 spiro atoms. The number of benzene rings is 1. The van der Waals surface area contributed by atoms with Gasteiger partial charge in [0.2, 0.25) is 0 Å². The molecule has 0 saturated carbocycles. The van der Waals surface area contributed by atoms with Crippen molar-refractivity contribution in [3.8, 4) is 5.75 Å². The maximum Gasteiger partial charge on any atom is 0.161 e. The third-order valence-electron chi connectivity index (χ3n) is 8.44. The van der Waals surface area contributed by atoms with E-state index in [2.05, 4.69) is 90.5 Å². The molecule has 0 bridgehead atoms. The van der Waals surface area contributed by atoms with E-state index in [1.54, 1.807) is 0 Å². The van der Waals surface area contributed by atoms with E-state index in [9.17, 15) is 0 Å². The molecule has 3 atom stereocenters. The van der Waals surface area contributed by atoms with Gasteiger partial charge in [-0.05, 0) is 61.4 Å².